The van der Waals surface area contributed by atoms with Gasteiger partial charge in [0.2, 0.25) is 10.6 Å². The maximum Gasteiger partial charge on any atom is 0.220 e. The van der Waals surface area contributed by atoms with Gasteiger partial charge < -0.3 is 5.32 Å². The molecular weight excluding hydrogens is 222 g/mol. The molecule has 0 atom stereocenters. The SMILES string of the molecule is CN=C(Cl)/N=C(\Cl)NC(Cl)=NC. The Kier molecular flexibility index (Phi) is 6.06. The van der Waals surface area contributed by atoms with Gasteiger partial charge in [-0.2, -0.15) is 4.99 Å². The molecule has 0 aromatic carbocycles. The van der Waals surface area contributed by atoms with Crippen molar-refractivity contribution >= 4 is 50.7 Å². The number of hydrogen-bond acceptors (Lipinski definition) is 2. The Hall–Kier alpha value is -0.320. The monoisotopic (exact) mass is 228 g/mol. The Morgan fingerprint density at radius 3 is 2.00 bits per heavy atom. The summed E-state index contributed by atoms with van der Waals surface area (Å²) in [6.45, 7) is 0. The van der Waals surface area contributed by atoms with Gasteiger partial charge in [-0.15, -0.1) is 0 Å². The lowest BCUT2D eigenvalue weighted by Gasteiger charge is -1.97. The number of nitrogens with zero attached hydrogens (tertiary/aromatic N) is 3. The summed E-state index contributed by atoms with van der Waals surface area (Å²) in [5.41, 5.74) is 0. The third-order valence-electron chi connectivity index (χ3n) is 0.778. The molecule has 12 heavy (non-hydrogen) atoms. The summed E-state index contributed by atoms with van der Waals surface area (Å²) in [6.07, 6.45) is 0. The Morgan fingerprint density at radius 2 is 1.58 bits per heavy atom. The van der Waals surface area contributed by atoms with Crippen molar-refractivity contribution in [3.8, 4) is 0 Å². The number of aliphatic imine (C=N–C) groups is 3. The Labute approximate surface area is 85.3 Å². The lowest BCUT2D eigenvalue weighted by Crippen LogP contribution is -2.22. The zero-order valence-electron chi connectivity index (χ0n) is 6.48. The molecule has 0 aliphatic carbocycles. The molecule has 0 saturated heterocycles. The highest BCUT2D eigenvalue weighted by molar-refractivity contribution is 6.75. The summed E-state index contributed by atoms with van der Waals surface area (Å²) in [6, 6.07) is 0. The Bertz CT molecular complexity index is 233. The minimum absolute atomic E-state index is 0.0150. The van der Waals surface area contributed by atoms with E-state index in [1.165, 1.54) is 14.1 Å². The molecule has 0 aromatic heterocycles. The first kappa shape index (κ1) is 11.7. The van der Waals surface area contributed by atoms with E-state index >= 15 is 0 Å². The fourth-order valence-electron chi connectivity index (χ4n) is 0.300. The molecule has 1 N–H and O–H groups in total. The average molecular weight is 229 g/mol. The van der Waals surface area contributed by atoms with Crippen LogP contribution in [0.15, 0.2) is 15.0 Å². The van der Waals surface area contributed by atoms with Crippen LogP contribution in [0.5, 0.6) is 0 Å². The van der Waals surface area contributed by atoms with Crippen LogP contribution in [-0.4, -0.2) is 30.0 Å². The average Bonchev–Trinajstić information content (AvgIpc) is 2.03. The predicted octanol–water partition coefficient (Wildman–Crippen LogP) is 1.62. The van der Waals surface area contributed by atoms with E-state index < -0.39 is 0 Å². The fraction of sp³-hybridized carbons (Fsp3) is 0.400. The quantitative estimate of drug-likeness (QED) is 0.383. The van der Waals surface area contributed by atoms with E-state index in [4.69, 9.17) is 34.8 Å². The second kappa shape index (κ2) is 6.22. The van der Waals surface area contributed by atoms with E-state index in [1.54, 1.807) is 0 Å². The third kappa shape index (κ3) is 5.35. The maximum absolute atomic E-state index is 5.54. The van der Waals surface area contributed by atoms with Crippen LogP contribution in [0.2, 0.25) is 0 Å². The first-order valence-electron chi connectivity index (χ1n) is 2.86. The largest absolute Gasteiger partial charge is 0.305 e. The van der Waals surface area contributed by atoms with Gasteiger partial charge >= 0.3 is 0 Å². The molecule has 0 unspecified atom stereocenters. The standard InChI is InChI=1S/C5H7Cl3N4/c1-9-3(6)11-5(8)12-4(7)10-2/h1-2H3,(H,9,10,11,12). The van der Waals surface area contributed by atoms with Crippen LogP contribution in [0.25, 0.3) is 0 Å². The molecule has 0 heterocycles. The second-order valence-electron chi connectivity index (χ2n) is 1.53. The highest BCUT2D eigenvalue weighted by Gasteiger charge is 1.97. The molecule has 4 nitrogen and oxygen atoms in total. The summed E-state index contributed by atoms with van der Waals surface area (Å²) in [5.74, 6) is 0. The molecule has 0 bridgehead atoms. The van der Waals surface area contributed by atoms with Crippen molar-refractivity contribution in [3.63, 3.8) is 0 Å². The van der Waals surface area contributed by atoms with E-state index in [0.29, 0.717) is 0 Å². The van der Waals surface area contributed by atoms with Gasteiger partial charge in [-0.05, 0) is 34.8 Å². The van der Waals surface area contributed by atoms with Crippen molar-refractivity contribution in [1.29, 1.82) is 0 Å². The van der Waals surface area contributed by atoms with Crippen molar-refractivity contribution < 1.29 is 0 Å². The molecule has 0 aliphatic rings. The van der Waals surface area contributed by atoms with Crippen molar-refractivity contribution in [2.75, 3.05) is 14.1 Å². The molecule has 0 radical (unpaired) electrons. The van der Waals surface area contributed by atoms with E-state index in [2.05, 4.69) is 20.3 Å². The lowest BCUT2D eigenvalue weighted by molar-refractivity contribution is 1.34. The number of halogens is 3. The van der Waals surface area contributed by atoms with E-state index in [-0.39, 0.29) is 15.9 Å². The molecule has 7 heteroatoms. The summed E-state index contributed by atoms with van der Waals surface area (Å²) >= 11 is 16.5. The van der Waals surface area contributed by atoms with Crippen LogP contribution in [0.1, 0.15) is 0 Å². The van der Waals surface area contributed by atoms with E-state index in [0.717, 1.165) is 0 Å². The summed E-state index contributed by atoms with van der Waals surface area (Å²) < 4.78 is 0. The molecule has 0 aliphatic heterocycles. The minimum Gasteiger partial charge on any atom is -0.305 e. The molecule has 0 rings (SSSR count). The molecular formula is C5H7Cl3N4. The van der Waals surface area contributed by atoms with Crippen molar-refractivity contribution in [3.05, 3.63) is 0 Å². The van der Waals surface area contributed by atoms with Crippen LogP contribution in [-0.2, 0) is 0 Å². The van der Waals surface area contributed by atoms with Crippen LogP contribution < -0.4 is 5.32 Å². The van der Waals surface area contributed by atoms with Gasteiger partial charge in [-0.3, -0.25) is 9.98 Å². The van der Waals surface area contributed by atoms with Gasteiger partial charge in [0.25, 0.3) is 0 Å². The Morgan fingerprint density at radius 1 is 1.00 bits per heavy atom. The first-order valence-corrected chi connectivity index (χ1v) is 3.99. The molecule has 0 aromatic rings. The van der Waals surface area contributed by atoms with Crippen LogP contribution in [0.4, 0.5) is 0 Å². The fourth-order valence-corrected chi connectivity index (χ4v) is 0.735. The van der Waals surface area contributed by atoms with E-state index in [9.17, 15) is 0 Å². The lowest BCUT2D eigenvalue weighted by atomic mass is 11.0. The van der Waals surface area contributed by atoms with Crippen molar-refractivity contribution in [2.24, 2.45) is 15.0 Å². The van der Waals surface area contributed by atoms with E-state index in [1.807, 2.05) is 0 Å². The van der Waals surface area contributed by atoms with Gasteiger partial charge in [-0.25, -0.2) is 0 Å². The van der Waals surface area contributed by atoms with Crippen LogP contribution >= 0.6 is 34.8 Å². The molecule has 0 fully saturated rings. The maximum atomic E-state index is 5.54. The molecule has 0 amide bonds. The van der Waals surface area contributed by atoms with Gasteiger partial charge in [0.15, 0.2) is 5.29 Å². The highest BCUT2D eigenvalue weighted by atomic mass is 35.5. The summed E-state index contributed by atoms with van der Waals surface area (Å²) in [7, 11) is 3.00. The van der Waals surface area contributed by atoms with Gasteiger partial charge in [0, 0.05) is 14.1 Å². The summed E-state index contributed by atoms with van der Waals surface area (Å²) in [4.78, 5) is 10.7. The normalized spacial score (nSPS) is 14.9. The molecule has 68 valence electrons. The molecule has 0 spiro atoms. The second-order valence-corrected chi connectivity index (χ2v) is 2.59. The minimum atomic E-state index is 0.0150. The van der Waals surface area contributed by atoms with Crippen LogP contribution in [0.3, 0.4) is 0 Å². The number of rotatable bonds is 0. The number of nitrogens with one attached hydrogen (secondary N) is 1. The zero-order valence-corrected chi connectivity index (χ0v) is 8.74. The first-order chi connectivity index (χ1) is 5.60. The topological polar surface area (TPSA) is 49.1 Å². The number of amidine groups is 3. The smallest absolute Gasteiger partial charge is 0.220 e. The number of hydrogen-bond donors (Lipinski definition) is 1. The highest BCUT2D eigenvalue weighted by Crippen LogP contribution is 1.91. The van der Waals surface area contributed by atoms with Crippen molar-refractivity contribution in [1.82, 2.24) is 5.32 Å². The van der Waals surface area contributed by atoms with Gasteiger partial charge in [0.05, 0.1) is 0 Å². The van der Waals surface area contributed by atoms with Gasteiger partial charge in [0.1, 0.15) is 0 Å². The van der Waals surface area contributed by atoms with Crippen molar-refractivity contribution in [2.45, 2.75) is 0 Å². The predicted molar refractivity (Wildman–Crippen MR) is 54.8 cm³/mol. The van der Waals surface area contributed by atoms with Gasteiger partial charge in [-0.1, -0.05) is 0 Å². The molecule has 0 saturated carbocycles. The summed E-state index contributed by atoms with van der Waals surface area (Å²) in [5, 5.41) is 2.64. The third-order valence-corrected chi connectivity index (χ3v) is 1.47. The Balaban J connectivity index is 4.21. The van der Waals surface area contributed by atoms with Crippen LogP contribution in [0, 0.1) is 0 Å². The zero-order chi connectivity index (χ0) is 9.56.